The molecule has 5 aromatic rings. The number of benzene rings is 5. The fourth-order valence-electron chi connectivity index (χ4n) is 7.27. The summed E-state index contributed by atoms with van der Waals surface area (Å²) in [4.78, 5) is 31.1. The molecule has 0 amide bonds. The van der Waals surface area contributed by atoms with Crippen molar-refractivity contribution in [3.8, 4) is 16.9 Å². The fourth-order valence-corrected chi connectivity index (χ4v) is 7.27. The molecule has 6 rings (SSSR count). The molecule has 0 aliphatic heterocycles. The Hall–Kier alpha value is -5.31. The number of halogens is 4. The van der Waals surface area contributed by atoms with Gasteiger partial charge in [-0.3, -0.25) is 4.79 Å². The Morgan fingerprint density at radius 2 is 1.35 bits per heavy atom. The van der Waals surface area contributed by atoms with E-state index >= 15 is 0 Å². The number of para-hydroxylation sites is 1. The average Bonchev–Trinajstić information content (AvgIpc) is 3.38. The van der Waals surface area contributed by atoms with Gasteiger partial charge in [-0.1, -0.05) is 111 Å². The topological polar surface area (TPSA) is 65.0 Å². The molecule has 0 saturated heterocycles. The molecule has 51 heavy (non-hydrogen) atoms. The molecule has 0 atom stereocenters. The Bertz CT molecular complexity index is 2130. The van der Waals surface area contributed by atoms with Crippen LogP contribution < -0.4 is 4.74 Å². The SMILES string of the molecule is CCCC1(CCC)c2cc(C(=O)c3cccc4ccccc34)ccc2-c2ccc(/C(=N\OC(C)=O)c3ccccc3OCC(F)(F)C(F)F)cc21. The summed E-state index contributed by atoms with van der Waals surface area (Å²) in [6.07, 6.45) is -0.683. The minimum absolute atomic E-state index is 0.0713. The van der Waals surface area contributed by atoms with Crippen LogP contribution in [0.4, 0.5) is 17.6 Å². The van der Waals surface area contributed by atoms with Gasteiger partial charge in [-0.25, -0.2) is 13.6 Å². The van der Waals surface area contributed by atoms with Crippen LogP contribution in [-0.4, -0.2) is 36.4 Å². The van der Waals surface area contributed by atoms with E-state index in [1.54, 1.807) is 12.1 Å². The second-order valence-electron chi connectivity index (χ2n) is 12.8. The Morgan fingerprint density at radius 1 is 0.765 bits per heavy atom. The van der Waals surface area contributed by atoms with Gasteiger partial charge in [0, 0.05) is 34.6 Å². The molecule has 9 heteroatoms. The van der Waals surface area contributed by atoms with Crippen LogP contribution in [0.2, 0.25) is 0 Å². The van der Waals surface area contributed by atoms with Crippen molar-refractivity contribution in [2.75, 3.05) is 6.61 Å². The third-order valence-electron chi connectivity index (χ3n) is 9.43. The maximum atomic E-state index is 14.1. The summed E-state index contributed by atoms with van der Waals surface area (Å²) < 4.78 is 59.0. The van der Waals surface area contributed by atoms with Crippen molar-refractivity contribution >= 4 is 28.2 Å². The second-order valence-corrected chi connectivity index (χ2v) is 12.8. The zero-order chi connectivity index (χ0) is 36.3. The summed E-state index contributed by atoms with van der Waals surface area (Å²) in [6, 6.07) is 31.2. The number of fused-ring (bicyclic) bond motifs is 4. The zero-order valence-corrected chi connectivity index (χ0v) is 28.5. The second kappa shape index (κ2) is 14.5. The van der Waals surface area contributed by atoms with Crippen molar-refractivity contribution in [2.24, 2.45) is 5.16 Å². The van der Waals surface area contributed by atoms with Crippen molar-refractivity contribution in [1.82, 2.24) is 0 Å². The molecule has 1 aliphatic carbocycles. The fraction of sp³-hybridized carbons (Fsp3) is 0.262. The Morgan fingerprint density at radius 3 is 2.02 bits per heavy atom. The van der Waals surface area contributed by atoms with Crippen molar-refractivity contribution in [2.45, 2.75) is 64.2 Å². The van der Waals surface area contributed by atoms with E-state index in [1.165, 1.54) is 25.1 Å². The van der Waals surface area contributed by atoms with E-state index in [9.17, 15) is 27.2 Å². The molecule has 1 aliphatic rings. The molecule has 0 spiro atoms. The molecule has 0 N–H and O–H groups in total. The molecule has 0 radical (unpaired) electrons. The number of ketones is 1. The smallest absolute Gasteiger partial charge is 0.340 e. The molecule has 5 nitrogen and oxygen atoms in total. The number of oxime groups is 1. The summed E-state index contributed by atoms with van der Waals surface area (Å²) in [5.74, 6) is -5.29. The summed E-state index contributed by atoms with van der Waals surface area (Å²) >= 11 is 0. The minimum Gasteiger partial charge on any atom is -0.486 e. The van der Waals surface area contributed by atoms with Crippen molar-refractivity contribution in [3.63, 3.8) is 0 Å². The summed E-state index contributed by atoms with van der Waals surface area (Å²) in [5, 5.41) is 5.99. The van der Waals surface area contributed by atoms with Crippen LogP contribution in [0.1, 0.15) is 84.6 Å². The molecule has 0 aromatic heterocycles. The van der Waals surface area contributed by atoms with Gasteiger partial charge in [-0.15, -0.1) is 0 Å². The van der Waals surface area contributed by atoms with Gasteiger partial charge in [0.05, 0.1) is 0 Å². The van der Waals surface area contributed by atoms with Crippen LogP contribution in [0.5, 0.6) is 5.75 Å². The highest BCUT2D eigenvalue weighted by Gasteiger charge is 2.43. The lowest BCUT2D eigenvalue weighted by Crippen LogP contribution is -2.34. The Balaban J connectivity index is 1.47. The predicted octanol–water partition coefficient (Wildman–Crippen LogP) is 10.5. The monoisotopic (exact) mass is 695 g/mol. The number of nitrogens with zero attached hydrogens (tertiary/aromatic N) is 1. The highest BCUT2D eigenvalue weighted by molar-refractivity contribution is 6.17. The first kappa shape index (κ1) is 35.5. The van der Waals surface area contributed by atoms with Crippen LogP contribution in [-0.2, 0) is 15.0 Å². The molecule has 5 aromatic carbocycles. The third kappa shape index (κ3) is 6.77. The van der Waals surface area contributed by atoms with E-state index in [4.69, 9.17) is 9.57 Å². The number of carbonyl (C=O) groups is 2. The van der Waals surface area contributed by atoms with Crippen LogP contribution in [0.3, 0.4) is 0 Å². The van der Waals surface area contributed by atoms with Gasteiger partial charge in [0.2, 0.25) is 0 Å². The number of alkyl halides is 4. The molecular weight excluding hydrogens is 658 g/mol. The lowest BCUT2D eigenvalue weighted by atomic mass is 9.71. The maximum Gasteiger partial charge on any atom is 0.340 e. The van der Waals surface area contributed by atoms with Gasteiger partial charge in [0.15, 0.2) is 12.4 Å². The number of hydrogen-bond acceptors (Lipinski definition) is 5. The first-order valence-electron chi connectivity index (χ1n) is 17.0. The maximum absolute atomic E-state index is 14.1. The van der Waals surface area contributed by atoms with Crippen molar-refractivity contribution < 1.29 is 36.7 Å². The third-order valence-corrected chi connectivity index (χ3v) is 9.43. The normalized spacial score (nSPS) is 13.6. The highest BCUT2D eigenvalue weighted by Crippen LogP contribution is 2.54. The molecular formula is C42H37F4NO4. The van der Waals surface area contributed by atoms with E-state index in [-0.39, 0.29) is 22.8 Å². The zero-order valence-electron chi connectivity index (χ0n) is 28.5. The minimum atomic E-state index is -4.38. The van der Waals surface area contributed by atoms with Crippen molar-refractivity contribution in [3.05, 3.63) is 137 Å². The van der Waals surface area contributed by atoms with Crippen LogP contribution in [0, 0.1) is 0 Å². The van der Waals surface area contributed by atoms with E-state index < -0.39 is 30.3 Å². The van der Waals surface area contributed by atoms with Crippen molar-refractivity contribution in [1.29, 1.82) is 0 Å². The van der Waals surface area contributed by atoms with E-state index in [0.29, 0.717) is 16.7 Å². The number of rotatable bonds is 13. The van der Waals surface area contributed by atoms with Gasteiger partial charge in [-0.05, 0) is 70.1 Å². The van der Waals surface area contributed by atoms with Gasteiger partial charge in [0.1, 0.15) is 11.5 Å². The van der Waals surface area contributed by atoms with Crippen LogP contribution in [0.25, 0.3) is 21.9 Å². The highest BCUT2D eigenvalue weighted by atomic mass is 19.3. The summed E-state index contributed by atoms with van der Waals surface area (Å²) in [7, 11) is 0. The molecule has 0 heterocycles. The molecule has 0 saturated carbocycles. The first-order chi connectivity index (χ1) is 24.5. The first-order valence-corrected chi connectivity index (χ1v) is 17.0. The Labute approximate surface area is 293 Å². The molecule has 0 unspecified atom stereocenters. The van der Waals surface area contributed by atoms with E-state index in [1.807, 2.05) is 72.8 Å². The largest absolute Gasteiger partial charge is 0.486 e. The van der Waals surface area contributed by atoms with Crippen LogP contribution >= 0.6 is 0 Å². The molecule has 0 fully saturated rings. The van der Waals surface area contributed by atoms with Gasteiger partial charge in [0.25, 0.3) is 0 Å². The lowest BCUT2D eigenvalue weighted by Gasteiger charge is -2.32. The summed E-state index contributed by atoms with van der Waals surface area (Å²) in [5.41, 5.74) is 5.53. The van der Waals surface area contributed by atoms with Gasteiger partial charge in [-0.2, -0.15) is 8.78 Å². The predicted molar refractivity (Wildman–Crippen MR) is 190 cm³/mol. The number of ether oxygens (including phenoxy) is 1. The average molecular weight is 696 g/mol. The Kier molecular flexibility index (Phi) is 10.1. The van der Waals surface area contributed by atoms with E-state index in [2.05, 4.69) is 19.0 Å². The van der Waals surface area contributed by atoms with Gasteiger partial charge < -0.3 is 9.57 Å². The van der Waals surface area contributed by atoms with Gasteiger partial charge >= 0.3 is 18.3 Å². The standard InChI is InChI=1S/C42H37F4NO4/c1-4-21-41(22-5-2)35-23-28(38(47-51-26(3)48)34-14-8-9-16-37(34)50-25-42(45,46)40(43)44)17-19-31(35)32-20-18-29(24-36(32)41)39(49)33-15-10-12-27-11-6-7-13-30(27)33/h6-20,23-24,40H,4-5,21-22,25H2,1-3H3/b47-38+. The molecule has 0 bridgehead atoms. The van der Waals surface area contributed by atoms with Crippen LogP contribution in [0.15, 0.2) is 108 Å². The number of carbonyl (C=O) groups excluding carboxylic acids is 2. The molecule has 262 valence electrons. The van der Waals surface area contributed by atoms with E-state index in [0.717, 1.165) is 58.7 Å². The number of hydrogen-bond donors (Lipinski definition) is 0. The lowest BCUT2D eigenvalue weighted by molar-refractivity contribution is -0.148. The quantitative estimate of drug-likeness (QED) is 0.0404. The summed E-state index contributed by atoms with van der Waals surface area (Å²) in [6.45, 7) is 3.84.